The molecule has 0 fully saturated rings. The van der Waals surface area contributed by atoms with Gasteiger partial charge in [0.25, 0.3) is 0 Å². The van der Waals surface area contributed by atoms with Crippen molar-refractivity contribution in [2.45, 2.75) is 30.5 Å². The third kappa shape index (κ3) is 3.11. The smallest absolute Gasteiger partial charge is 0.134 e. The summed E-state index contributed by atoms with van der Waals surface area (Å²) in [6.45, 7) is 3.96. The number of hydrogen-bond acceptors (Lipinski definition) is 4. The summed E-state index contributed by atoms with van der Waals surface area (Å²) in [5.74, 6) is 1.80. The number of aryl methyl sites for hydroxylation is 1. The highest BCUT2D eigenvalue weighted by molar-refractivity contribution is 7.98. The van der Waals surface area contributed by atoms with Gasteiger partial charge in [-0.05, 0) is 19.1 Å². The van der Waals surface area contributed by atoms with E-state index in [1.54, 1.807) is 11.8 Å². The van der Waals surface area contributed by atoms with Crippen LogP contribution in [0.15, 0.2) is 29.2 Å². The average Bonchev–Trinajstić information content (AvgIpc) is 2.45. The zero-order valence-electron chi connectivity index (χ0n) is 11.4. The number of nitrogens with zero attached hydrogens (tertiary/aromatic N) is 1. The van der Waals surface area contributed by atoms with E-state index in [1.165, 1.54) is 16.2 Å². The van der Waals surface area contributed by atoms with Gasteiger partial charge in [-0.1, -0.05) is 29.9 Å². The second-order valence-electron chi connectivity index (χ2n) is 4.98. The molecule has 2 N–H and O–H groups in total. The molecule has 2 aromatic rings. The molecule has 1 aliphatic rings. The van der Waals surface area contributed by atoms with E-state index in [0.717, 1.165) is 41.3 Å². The van der Waals surface area contributed by atoms with E-state index >= 15 is 0 Å². The molecule has 0 radical (unpaired) electrons. The Morgan fingerprint density at radius 1 is 1.40 bits per heavy atom. The summed E-state index contributed by atoms with van der Waals surface area (Å²) in [6.07, 6.45) is 1.00. The van der Waals surface area contributed by atoms with Crippen molar-refractivity contribution in [2.24, 2.45) is 0 Å². The van der Waals surface area contributed by atoms with Gasteiger partial charge in [-0.2, -0.15) is 0 Å². The number of aromatic nitrogens is 2. The fourth-order valence-electron chi connectivity index (χ4n) is 2.34. The molecular formula is C15H17N3S2. The van der Waals surface area contributed by atoms with E-state index in [4.69, 9.17) is 12.2 Å². The molecule has 2 heterocycles. The minimum atomic E-state index is 0.741. The normalized spacial score (nSPS) is 14.1. The number of aromatic amines is 1. The number of hydrogen-bond donors (Lipinski definition) is 2. The first-order valence-corrected chi connectivity index (χ1v) is 8.13. The molecule has 1 aromatic carbocycles. The van der Waals surface area contributed by atoms with Crippen LogP contribution in [-0.4, -0.2) is 16.5 Å². The van der Waals surface area contributed by atoms with Crippen molar-refractivity contribution in [2.75, 3.05) is 6.54 Å². The summed E-state index contributed by atoms with van der Waals surface area (Å²) in [5.41, 5.74) is 3.70. The lowest BCUT2D eigenvalue weighted by atomic mass is 10.1. The zero-order valence-corrected chi connectivity index (χ0v) is 13.0. The molecule has 0 aliphatic carbocycles. The Kier molecular flexibility index (Phi) is 4.19. The van der Waals surface area contributed by atoms with Crippen LogP contribution < -0.4 is 5.32 Å². The molecule has 0 saturated carbocycles. The first kappa shape index (κ1) is 13.8. The SMILES string of the molecule is Cc1cccc(SCc2nc(=S)c3c([nH]2)CCNC3)c1. The van der Waals surface area contributed by atoms with Crippen LogP contribution in [0.3, 0.4) is 0 Å². The highest BCUT2D eigenvalue weighted by Gasteiger charge is 2.12. The molecule has 1 aromatic heterocycles. The number of fused-ring (bicyclic) bond motifs is 1. The maximum Gasteiger partial charge on any atom is 0.134 e. The number of nitrogens with one attached hydrogen (secondary N) is 2. The molecule has 0 bridgehead atoms. The van der Waals surface area contributed by atoms with Crippen molar-refractivity contribution in [3.05, 3.63) is 51.6 Å². The Hall–Kier alpha value is -1.17. The van der Waals surface area contributed by atoms with Gasteiger partial charge < -0.3 is 10.3 Å². The Morgan fingerprint density at radius 2 is 2.30 bits per heavy atom. The predicted octanol–water partition coefficient (Wildman–Crippen LogP) is 3.39. The lowest BCUT2D eigenvalue weighted by Gasteiger charge is -2.17. The number of H-pyrrole nitrogens is 1. The van der Waals surface area contributed by atoms with Gasteiger partial charge >= 0.3 is 0 Å². The van der Waals surface area contributed by atoms with Gasteiger partial charge in [-0.25, -0.2) is 4.98 Å². The van der Waals surface area contributed by atoms with Gasteiger partial charge in [0.05, 0.1) is 5.75 Å². The predicted molar refractivity (Wildman–Crippen MR) is 85.6 cm³/mol. The Morgan fingerprint density at radius 3 is 3.15 bits per heavy atom. The van der Waals surface area contributed by atoms with E-state index in [-0.39, 0.29) is 0 Å². The minimum Gasteiger partial charge on any atom is -0.346 e. The fourth-order valence-corrected chi connectivity index (χ4v) is 3.53. The maximum absolute atomic E-state index is 5.40. The quantitative estimate of drug-likeness (QED) is 0.673. The molecule has 20 heavy (non-hydrogen) atoms. The summed E-state index contributed by atoms with van der Waals surface area (Å²) in [7, 11) is 0. The summed E-state index contributed by atoms with van der Waals surface area (Å²) in [4.78, 5) is 9.24. The zero-order chi connectivity index (χ0) is 13.9. The van der Waals surface area contributed by atoms with Gasteiger partial charge in [0.15, 0.2) is 0 Å². The molecule has 1 aliphatic heterocycles. The highest BCUT2D eigenvalue weighted by atomic mass is 32.2. The summed E-state index contributed by atoms with van der Waals surface area (Å²) in [6, 6.07) is 8.53. The molecule has 0 atom stereocenters. The fraction of sp³-hybridized carbons (Fsp3) is 0.333. The summed E-state index contributed by atoms with van der Waals surface area (Å²) in [5, 5.41) is 3.33. The van der Waals surface area contributed by atoms with Crippen LogP contribution >= 0.6 is 24.0 Å². The van der Waals surface area contributed by atoms with Gasteiger partial charge in [0.1, 0.15) is 10.5 Å². The Balaban J connectivity index is 1.78. The number of rotatable bonds is 3. The van der Waals surface area contributed by atoms with Crippen molar-refractivity contribution in [1.82, 2.24) is 15.3 Å². The van der Waals surface area contributed by atoms with E-state index in [9.17, 15) is 0 Å². The van der Waals surface area contributed by atoms with Crippen LogP contribution in [0.1, 0.15) is 22.6 Å². The standard InChI is InChI=1S/C15H17N3S2/c1-10-3-2-4-11(7-10)20-9-14-17-13-5-6-16-8-12(13)15(19)18-14/h2-4,7,16H,5-6,8-9H2,1H3,(H,17,18,19). The lowest BCUT2D eigenvalue weighted by Crippen LogP contribution is -2.25. The molecule has 0 saturated heterocycles. The van der Waals surface area contributed by atoms with Crippen LogP contribution in [0.2, 0.25) is 0 Å². The monoisotopic (exact) mass is 303 g/mol. The average molecular weight is 303 g/mol. The largest absolute Gasteiger partial charge is 0.346 e. The van der Waals surface area contributed by atoms with Crippen molar-refractivity contribution in [1.29, 1.82) is 0 Å². The first-order valence-electron chi connectivity index (χ1n) is 6.73. The highest BCUT2D eigenvalue weighted by Crippen LogP contribution is 2.23. The minimum absolute atomic E-state index is 0.741. The molecule has 0 amide bonds. The second kappa shape index (κ2) is 6.08. The van der Waals surface area contributed by atoms with Crippen molar-refractivity contribution in [3.63, 3.8) is 0 Å². The van der Waals surface area contributed by atoms with Crippen molar-refractivity contribution < 1.29 is 0 Å². The molecule has 0 unspecified atom stereocenters. The molecule has 104 valence electrons. The van der Waals surface area contributed by atoms with E-state index in [1.807, 2.05) is 0 Å². The van der Waals surface area contributed by atoms with Gasteiger partial charge in [-0.3, -0.25) is 0 Å². The second-order valence-corrected chi connectivity index (χ2v) is 6.41. The van der Waals surface area contributed by atoms with Crippen LogP contribution in [0.25, 0.3) is 0 Å². The molecule has 5 heteroatoms. The Labute approximate surface area is 128 Å². The van der Waals surface area contributed by atoms with Crippen LogP contribution in [-0.2, 0) is 18.7 Å². The molecule has 3 nitrogen and oxygen atoms in total. The van der Waals surface area contributed by atoms with Crippen molar-refractivity contribution in [3.8, 4) is 0 Å². The van der Waals surface area contributed by atoms with Crippen LogP contribution in [0.4, 0.5) is 0 Å². The van der Waals surface area contributed by atoms with Crippen LogP contribution in [0, 0.1) is 11.6 Å². The summed E-state index contributed by atoms with van der Waals surface area (Å²) >= 11 is 7.19. The third-order valence-corrected chi connectivity index (χ3v) is 4.72. The van der Waals surface area contributed by atoms with E-state index in [0.29, 0.717) is 0 Å². The molecule has 0 spiro atoms. The molecular weight excluding hydrogens is 286 g/mol. The van der Waals surface area contributed by atoms with Crippen molar-refractivity contribution >= 4 is 24.0 Å². The van der Waals surface area contributed by atoms with Crippen LogP contribution in [0.5, 0.6) is 0 Å². The van der Waals surface area contributed by atoms with Gasteiger partial charge in [0, 0.05) is 35.7 Å². The number of thioether (sulfide) groups is 1. The first-order chi connectivity index (χ1) is 9.72. The van der Waals surface area contributed by atoms with Gasteiger partial charge in [0.2, 0.25) is 0 Å². The van der Waals surface area contributed by atoms with E-state index in [2.05, 4.69) is 46.5 Å². The topological polar surface area (TPSA) is 40.7 Å². The Bertz CT molecular complexity index is 679. The van der Waals surface area contributed by atoms with Gasteiger partial charge in [-0.15, -0.1) is 11.8 Å². The maximum atomic E-state index is 5.40. The number of benzene rings is 1. The van der Waals surface area contributed by atoms with E-state index < -0.39 is 0 Å². The lowest BCUT2D eigenvalue weighted by molar-refractivity contribution is 0.620. The molecule has 3 rings (SSSR count). The summed E-state index contributed by atoms with van der Waals surface area (Å²) < 4.78 is 0.741. The third-order valence-electron chi connectivity index (χ3n) is 3.37.